The van der Waals surface area contributed by atoms with E-state index in [1.54, 1.807) is 36.1 Å². The van der Waals surface area contributed by atoms with Crippen LogP contribution in [0.4, 0.5) is 5.69 Å². The van der Waals surface area contributed by atoms with E-state index in [-0.39, 0.29) is 18.2 Å². The fraction of sp³-hybridized carbons (Fsp3) is 0.318. The molecule has 0 aliphatic rings. The van der Waals surface area contributed by atoms with Crippen molar-refractivity contribution in [2.75, 3.05) is 25.0 Å². The minimum absolute atomic E-state index is 0.0532. The highest BCUT2D eigenvalue weighted by atomic mass is 16.5. The van der Waals surface area contributed by atoms with Crippen molar-refractivity contribution in [1.29, 1.82) is 0 Å². The fourth-order valence-electron chi connectivity index (χ4n) is 2.70. The van der Waals surface area contributed by atoms with Crippen molar-refractivity contribution in [3.63, 3.8) is 0 Å². The van der Waals surface area contributed by atoms with Gasteiger partial charge in [-0.1, -0.05) is 30.3 Å². The molecule has 2 amide bonds. The number of hydrogen-bond donors (Lipinski definition) is 1. The molecular formula is C22H26N2O4. The summed E-state index contributed by atoms with van der Waals surface area (Å²) in [6.07, 6.45) is 0.950. The molecule has 0 unspecified atom stereocenters. The first-order valence-corrected chi connectivity index (χ1v) is 9.36. The first kappa shape index (κ1) is 21.2. The average Bonchev–Trinajstić information content (AvgIpc) is 2.69. The molecule has 0 radical (unpaired) electrons. The molecule has 0 heterocycles. The molecule has 1 N–H and O–H groups in total. The molecule has 0 aromatic heterocycles. The maximum atomic E-state index is 12.2. The summed E-state index contributed by atoms with van der Waals surface area (Å²) in [5.41, 5.74) is 2.18. The zero-order valence-corrected chi connectivity index (χ0v) is 16.3. The zero-order chi connectivity index (χ0) is 20.4. The Morgan fingerprint density at radius 1 is 0.964 bits per heavy atom. The average molecular weight is 382 g/mol. The Morgan fingerprint density at radius 2 is 1.64 bits per heavy atom. The van der Waals surface area contributed by atoms with E-state index in [2.05, 4.69) is 5.32 Å². The molecule has 0 fully saturated rings. The second-order valence-electron chi connectivity index (χ2n) is 6.34. The number of esters is 1. The zero-order valence-electron chi connectivity index (χ0n) is 16.3. The number of amides is 2. The standard InChI is InChI=1S/C22H26N2O4/c1-3-28-22(27)19-9-11-20(12-10-19)23-21(26)14-16-24(17(2)25)15-13-18-7-5-4-6-8-18/h4-12H,3,13-16H2,1-2H3,(H,23,26). The second kappa shape index (κ2) is 10.9. The number of benzene rings is 2. The SMILES string of the molecule is CCOC(=O)c1ccc(NC(=O)CCN(CCc2ccccc2)C(C)=O)cc1. The smallest absolute Gasteiger partial charge is 0.338 e. The van der Waals surface area contributed by atoms with Crippen LogP contribution in [-0.2, 0) is 20.7 Å². The Labute approximate surface area is 165 Å². The lowest BCUT2D eigenvalue weighted by atomic mass is 10.1. The van der Waals surface area contributed by atoms with Crippen molar-refractivity contribution in [3.8, 4) is 0 Å². The molecule has 0 aliphatic heterocycles. The lowest BCUT2D eigenvalue weighted by Crippen LogP contribution is -2.33. The Balaban J connectivity index is 1.82. The van der Waals surface area contributed by atoms with Crippen LogP contribution >= 0.6 is 0 Å². The van der Waals surface area contributed by atoms with E-state index in [1.165, 1.54) is 6.92 Å². The molecule has 148 valence electrons. The molecule has 0 aliphatic carbocycles. The van der Waals surface area contributed by atoms with Gasteiger partial charge in [0.05, 0.1) is 12.2 Å². The molecule has 28 heavy (non-hydrogen) atoms. The number of rotatable bonds is 9. The van der Waals surface area contributed by atoms with Crippen molar-refractivity contribution < 1.29 is 19.1 Å². The number of nitrogens with one attached hydrogen (secondary N) is 1. The van der Waals surface area contributed by atoms with Crippen LogP contribution < -0.4 is 5.32 Å². The van der Waals surface area contributed by atoms with Gasteiger partial charge < -0.3 is 15.0 Å². The number of carbonyl (C=O) groups is 3. The van der Waals surface area contributed by atoms with Crippen LogP contribution in [0.25, 0.3) is 0 Å². The summed E-state index contributed by atoms with van der Waals surface area (Å²) < 4.78 is 4.93. The van der Waals surface area contributed by atoms with Crippen molar-refractivity contribution in [3.05, 3.63) is 65.7 Å². The molecule has 0 atom stereocenters. The number of carbonyl (C=O) groups excluding carboxylic acids is 3. The van der Waals surface area contributed by atoms with E-state index in [0.717, 1.165) is 12.0 Å². The van der Waals surface area contributed by atoms with Gasteiger partial charge in [-0.05, 0) is 43.2 Å². The van der Waals surface area contributed by atoms with Crippen LogP contribution in [0.3, 0.4) is 0 Å². The van der Waals surface area contributed by atoms with E-state index in [0.29, 0.717) is 30.9 Å². The lowest BCUT2D eigenvalue weighted by Gasteiger charge is -2.21. The van der Waals surface area contributed by atoms with Gasteiger partial charge in [-0.3, -0.25) is 9.59 Å². The van der Waals surface area contributed by atoms with Crippen LogP contribution in [-0.4, -0.2) is 42.4 Å². The number of nitrogens with zero attached hydrogens (tertiary/aromatic N) is 1. The predicted molar refractivity (Wildman–Crippen MR) is 108 cm³/mol. The molecule has 6 nitrogen and oxygen atoms in total. The van der Waals surface area contributed by atoms with Gasteiger partial charge in [-0.2, -0.15) is 0 Å². The predicted octanol–water partition coefficient (Wildman–Crippen LogP) is 3.28. The Bertz CT molecular complexity index is 788. The number of ether oxygens (including phenoxy) is 1. The summed E-state index contributed by atoms with van der Waals surface area (Å²) in [5, 5.41) is 2.78. The van der Waals surface area contributed by atoms with Gasteiger partial charge in [-0.15, -0.1) is 0 Å². The third-order valence-corrected chi connectivity index (χ3v) is 4.25. The Morgan fingerprint density at radius 3 is 2.25 bits per heavy atom. The van der Waals surface area contributed by atoms with Gasteiger partial charge in [0.25, 0.3) is 0 Å². The van der Waals surface area contributed by atoms with E-state index in [9.17, 15) is 14.4 Å². The monoisotopic (exact) mass is 382 g/mol. The lowest BCUT2D eigenvalue weighted by molar-refractivity contribution is -0.129. The minimum atomic E-state index is -0.393. The fourth-order valence-corrected chi connectivity index (χ4v) is 2.70. The van der Waals surface area contributed by atoms with Crippen molar-refractivity contribution >= 4 is 23.5 Å². The molecule has 0 saturated carbocycles. The van der Waals surface area contributed by atoms with Crippen LogP contribution in [0.5, 0.6) is 0 Å². The molecular weight excluding hydrogens is 356 g/mol. The largest absolute Gasteiger partial charge is 0.462 e. The quantitative estimate of drug-likeness (QED) is 0.675. The molecule has 0 spiro atoms. The first-order chi connectivity index (χ1) is 13.5. The van der Waals surface area contributed by atoms with Gasteiger partial charge in [0.15, 0.2) is 0 Å². The summed E-state index contributed by atoms with van der Waals surface area (Å²) in [6, 6.07) is 16.4. The van der Waals surface area contributed by atoms with Crippen molar-refractivity contribution in [1.82, 2.24) is 4.90 Å². The molecule has 2 rings (SSSR count). The third-order valence-electron chi connectivity index (χ3n) is 4.25. The third kappa shape index (κ3) is 6.87. The first-order valence-electron chi connectivity index (χ1n) is 9.36. The van der Waals surface area contributed by atoms with Crippen LogP contribution in [0, 0.1) is 0 Å². The van der Waals surface area contributed by atoms with Gasteiger partial charge in [-0.25, -0.2) is 4.79 Å². The van der Waals surface area contributed by atoms with E-state index in [1.807, 2.05) is 30.3 Å². The molecule has 0 saturated heterocycles. The minimum Gasteiger partial charge on any atom is -0.462 e. The van der Waals surface area contributed by atoms with Crippen molar-refractivity contribution in [2.24, 2.45) is 0 Å². The molecule has 2 aromatic carbocycles. The highest BCUT2D eigenvalue weighted by molar-refractivity contribution is 5.93. The maximum absolute atomic E-state index is 12.2. The van der Waals surface area contributed by atoms with Crippen molar-refractivity contribution in [2.45, 2.75) is 26.7 Å². The summed E-state index contributed by atoms with van der Waals surface area (Å²) in [4.78, 5) is 37.3. The maximum Gasteiger partial charge on any atom is 0.338 e. The van der Waals surface area contributed by atoms with E-state index in [4.69, 9.17) is 4.74 Å². The van der Waals surface area contributed by atoms with Gasteiger partial charge >= 0.3 is 5.97 Å². The summed E-state index contributed by atoms with van der Waals surface area (Å²) in [6.45, 7) is 4.50. The topological polar surface area (TPSA) is 75.7 Å². The van der Waals surface area contributed by atoms with Crippen LogP contribution in [0.2, 0.25) is 0 Å². The summed E-state index contributed by atoms with van der Waals surface area (Å²) in [7, 11) is 0. The van der Waals surface area contributed by atoms with Crippen LogP contribution in [0.1, 0.15) is 36.2 Å². The second-order valence-corrected chi connectivity index (χ2v) is 6.34. The van der Waals surface area contributed by atoms with Gasteiger partial charge in [0.1, 0.15) is 0 Å². The Kier molecular flexibility index (Phi) is 8.21. The molecule has 2 aromatic rings. The van der Waals surface area contributed by atoms with E-state index >= 15 is 0 Å². The number of anilines is 1. The highest BCUT2D eigenvalue weighted by Crippen LogP contribution is 2.11. The molecule has 0 bridgehead atoms. The van der Waals surface area contributed by atoms with Gasteiger partial charge in [0.2, 0.25) is 11.8 Å². The molecule has 6 heteroatoms. The summed E-state index contributed by atoms with van der Waals surface area (Å²) in [5.74, 6) is -0.631. The highest BCUT2D eigenvalue weighted by Gasteiger charge is 2.12. The van der Waals surface area contributed by atoms with Crippen LogP contribution in [0.15, 0.2) is 54.6 Å². The Hall–Kier alpha value is -3.15. The summed E-state index contributed by atoms with van der Waals surface area (Å²) >= 11 is 0. The van der Waals surface area contributed by atoms with Gasteiger partial charge in [0, 0.05) is 32.1 Å². The number of hydrogen-bond acceptors (Lipinski definition) is 4. The van der Waals surface area contributed by atoms with E-state index < -0.39 is 5.97 Å². The normalized spacial score (nSPS) is 10.2.